The van der Waals surface area contributed by atoms with Crippen LogP contribution in [0, 0.1) is 13.8 Å². The standard InChI is InChI=1S/C13H22N2O3/c1-4-5-7-18-8-6-15-11(3)12(9-13(16)17)10(2)14-15/h4-9H2,1-3H3,(H,16,17). The Bertz CT molecular complexity index is 399. The third-order valence-corrected chi connectivity index (χ3v) is 2.95. The molecule has 1 aromatic rings. The van der Waals surface area contributed by atoms with Gasteiger partial charge in [-0.2, -0.15) is 5.10 Å². The van der Waals surface area contributed by atoms with Crippen LogP contribution in [0.25, 0.3) is 0 Å². The van der Waals surface area contributed by atoms with Gasteiger partial charge in [0.15, 0.2) is 0 Å². The van der Waals surface area contributed by atoms with Crippen molar-refractivity contribution in [1.29, 1.82) is 0 Å². The van der Waals surface area contributed by atoms with Crippen LogP contribution in [-0.2, 0) is 22.5 Å². The first-order chi connectivity index (χ1) is 8.56. The maximum absolute atomic E-state index is 10.8. The molecule has 0 aliphatic carbocycles. The number of rotatable bonds is 8. The van der Waals surface area contributed by atoms with Crippen molar-refractivity contribution < 1.29 is 14.6 Å². The topological polar surface area (TPSA) is 64.4 Å². The molecule has 0 aliphatic rings. The summed E-state index contributed by atoms with van der Waals surface area (Å²) in [6.07, 6.45) is 2.23. The molecule has 5 nitrogen and oxygen atoms in total. The number of aromatic nitrogens is 2. The van der Waals surface area contributed by atoms with E-state index >= 15 is 0 Å². The minimum atomic E-state index is -0.819. The van der Waals surface area contributed by atoms with Crippen molar-refractivity contribution in [2.45, 2.75) is 46.6 Å². The molecule has 0 saturated carbocycles. The van der Waals surface area contributed by atoms with Crippen LogP contribution in [0.2, 0.25) is 0 Å². The van der Waals surface area contributed by atoms with Gasteiger partial charge in [0, 0.05) is 17.9 Å². The number of nitrogens with zero attached hydrogens (tertiary/aromatic N) is 2. The van der Waals surface area contributed by atoms with Gasteiger partial charge in [-0.05, 0) is 20.3 Å². The molecule has 1 rings (SSSR count). The van der Waals surface area contributed by atoms with Crippen LogP contribution < -0.4 is 0 Å². The van der Waals surface area contributed by atoms with E-state index in [-0.39, 0.29) is 6.42 Å². The highest BCUT2D eigenvalue weighted by Crippen LogP contribution is 2.13. The summed E-state index contributed by atoms with van der Waals surface area (Å²) >= 11 is 0. The van der Waals surface area contributed by atoms with Crippen molar-refractivity contribution >= 4 is 5.97 Å². The molecule has 0 atom stereocenters. The predicted molar refractivity (Wildman–Crippen MR) is 68.8 cm³/mol. The van der Waals surface area contributed by atoms with Gasteiger partial charge < -0.3 is 9.84 Å². The summed E-state index contributed by atoms with van der Waals surface area (Å²) in [6.45, 7) is 7.95. The average Bonchev–Trinajstić information content (AvgIpc) is 2.56. The summed E-state index contributed by atoms with van der Waals surface area (Å²) in [5.41, 5.74) is 2.54. The number of hydrogen-bond acceptors (Lipinski definition) is 3. The fourth-order valence-corrected chi connectivity index (χ4v) is 1.86. The lowest BCUT2D eigenvalue weighted by Gasteiger charge is -2.06. The van der Waals surface area contributed by atoms with Crippen LogP contribution in [0.1, 0.15) is 36.7 Å². The van der Waals surface area contributed by atoms with E-state index in [1.807, 2.05) is 18.5 Å². The molecule has 0 spiro atoms. The molecule has 0 aliphatic heterocycles. The third kappa shape index (κ3) is 4.14. The van der Waals surface area contributed by atoms with Crippen LogP contribution in [0.3, 0.4) is 0 Å². The highest BCUT2D eigenvalue weighted by atomic mass is 16.5. The molecule has 0 amide bonds. The summed E-state index contributed by atoms with van der Waals surface area (Å²) in [5, 5.41) is 13.2. The first-order valence-corrected chi connectivity index (χ1v) is 6.38. The number of ether oxygens (including phenoxy) is 1. The number of aryl methyl sites for hydroxylation is 1. The Hall–Kier alpha value is -1.36. The van der Waals surface area contributed by atoms with E-state index in [0.29, 0.717) is 13.2 Å². The predicted octanol–water partition coefficient (Wildman–Crippen LogP) is 1.94. The monoisotopic (exact) mass is 254 g/mol. The number of unbranched alkanes of at least 4 members (excludes halogenated alkanes) is 1. The molecule has 0 unspecified atom stereocenters. The van der Waals surface area contributed by atoms with Crippen molar-refractivity contribution in [3.63, 3.8) is 0 Å². The van der Waals surface area contributed by atoms with E-state index in [0.717, 1.165) is 36.4 Å². The quantitative estimate of drug-likeness (QED) is 0.720. The van der Waals surface area contributed by atoms with Crippen LogP contribution in [0.4, 0.5) is 0 Å². The average molecular weight is 254 g/mol. The number of hydrogen-bond donors (Lipinski definition) is 1. The smallest absolute Gasteiger partial charge is 0.307 e. The molecule has 1 N–H and O–H groups in total. The lowest BCUT2D eigenvalue weighted by Crippen LogP contribution is -2.10. The second-order valence-corrected chi connectivity index (χ2v) is 4.41. The minimum Gasteiger partial charge on any atom is -0.481 e. The van der Waals surface area contributed by atoms with E-state index < -0.39 is 5.97 Å². The van der Waals surface area contributed by atoms with E-state index in [1.165, 1.54) is 0 Å². The Balaban J connectivity index is 2.53. The Morgan fingerprint density at radius 2 is 2.11 bits per heavy atom. The largest absolute Gasteiger partial charge is 0.481 e. The Morgan fingerprint density at radius 1 is 1.39 bits per heavy atom. The maximum atomic E-state index is 10.8. The summed E-state index contributed by atoms with van der Waals surface area (Å²) in [7, 11) is 0. The molecular weight excluding hydrogens is 232 g/mol. The molecule has 0 saturated heterocycles. The van der Waals surface area contributed by atoms with Crippen LogP contribution >= 0.6 is 0 Å². The van der Waals surface area contributed by atoms with E-state index in [4.69, 9.17) is 9.84 Å². The van der Waals surface area contributed by atoms with Gasteiger partial charge in [0.2, 0.25) is 0 Å². The van der Waals surface area contributed by atoms with Gasteiger partial charge in [-0.3, -0.25) is 9.48 Å². The number of carbonyl (C=O) groups is 1. The number of aliphatic carboxylic acids is 1. The van der Waals surface area contributed by atoms with Gasteiger partial charge >= 0.3 is 5.97 Å². The van der Waals surface area contributed by atoms with Crippen molar-refractivity contribution in [2.24, 2.45) is 0 Å². The van der Waals surface area contributed by atoms with E-state index in [9.17, 15) is 4.79 Å². The zero-order valence-corrected chi connectivity index (χ0v) is 11.4. The van der Waals surface area contributed by atoms with Crippen LogP contribution in [0.15, 0.2) is 0 Å². The first kappa shape index (κ1) is 14.7. The van der Waals surface area contributed by atoms with Gasteiger partial charge in [0.25, 0.3) is 0 Å². The molecule has 1 aromatic heterocycles. The van der Waals surface area contributed by atoms with Crippen molar-refractivity contribution in [2.75, 3.05) is 13.2 Å². The normalized spacial score (nSPS) is 10.8. The molecule has 1 heterocycles. The summed E-state index contributed by atoms with van der Waals surface area (Å²) < 4.78 is 7.32. The second kappa shape index (κ2) is 7.16. The van der Waals surface area contributed by atoms with Gasteiger partial charge in [0.05, 0.1) is 25.3 Å². The number of carboxylic acid groups (broad SMARTS) is 1. The Morgan fingerprint density at radius 3 is 2.72 bits per heavy atom. The van der Waals surface area contributed by atoms with Gasteiger partial charge in [-0.25, -0.2) is 0 Å². The zero-order valence-electron chi connectivity index (χ0n) is 11.4. The molecular formula is C13H22N2O3. The summed E-state index contributed by atoms with van der Waals surface area (Å²) in [4.78, 5) is 10.8. The van der Waals surface area contributed by atoms with Crippen molar-refractivity contribution in [1.82, 2.24) is 9.78 Å². The fourth-order valence-electron chi connectivity index (χ4n) is 1.86. The first-order valence-electron chi connectivity index (χ1n) is 6.38. The molecule has 5 heteroatoms. The van der Waals surface area contributed by atoms with Crippen LogP contribution in [0.5, 0.6) is 0 Å². The van der Waals surface area contributed by atoms with E-state index in [2.05, 4.69) is 12.0 Å². The fraction of sp³-hybridized carbons (Fsp3) is 0.692. The summed E-state index contributed by atoms with van der Waals surface area (Å²) in [5.74, 6) is -0.819. The highest BCUT2D eigenvalue weighted by Gasteiger charge is 2.13. The van der Waals surface area contributed by atoms with Crippen LogP contribution in [-0.4, -0.2) is 34.1 Å². The maximum Gasteiger partial charge on any atom is 0.307 e. The van der Waals surface area contributed by atoms with Crippen molar-refractivity contribution in [3.05, 3.63) is 17.0 Å². The highest BCUT2D eigenvalue weighted by molar-refractivity contribution is 5.70. The molecule has 18 heavy (non-hydrogen) atoms. The lowest BCUT2D eigenvalue weighted by atomic mass is 10.1. The number of carboxylic acids is 1. The Labute approximate surface area is 108 Å². The zero-order chi connectivity index (χ0) is 13.5. The van der Waals surface area contributed by atoms with Gasteiger partial charge in [-0.15, -0.1) is 0 Å². The van der Waals surface area contributed by atoms with Crippen molar-refractivity contribution in [3.8, 4) is 0 Å². The third-order valence-electron chi connectivity index (χ3n) is 2.95. The molecule has 102 valence electrons. The Kier molecular flexibility index (Phi) is 5.85. The molecule has 0 fully saturated rings. The SMILES string of the molecule is CCCCOCCn1nc(C)c(CC(=O)O)c1C. The van der Waals surface area contributed by atoms with Gasteiger partial charge in [0.1, 0.15) is 0 Å². The minimum absolute atomic E-state index is 0.0361. The molecule has 0 radical (unpaired) electrons. The summed E-state index contributed by atoms with van der Waals surface area (Å²) in [6, 6.07) is 0. The molecule has 0 bridgehead atoms. The second-order valence-electron chi connectivity index (χ2n) is 4.41. The van der Waals surface area contributed by atoms with Gasteiger partial charge in [-0.1, -0.05) is 13.3 Å². The molecule has 0 aromatic carbocycles. The lowest BCUT2D eigenvalue weighted by molar-refractivity contribution is -0.136. The van der Waals surface area contributed by atoms with E-state index in [1.54, 1.807) is 0 Å².